The van der Waals surface area contributed by atoms with Crippen molar-refractivity contribution in [1.82, 2.24) is 4.90 Å². The zero-order valence-corrected chi connectivity index (χ0v) is 11.6. The maximum atomic E-state index is 12.5. The molecule has 104 valence electrons. The molecule has 1 saturated heterocycles. The Labute approximate surface area is 118 Å². The molecule has 2 rings (SSSR count). The first-order valence-corrected chi connectivity index (χ1v) is 6.98. The number of piperidine rings is 1. The average molecular weight is 283 g/mol. The Morgan fingerprint density at radius 1 is 1.47 bits per heavy atom. The second-order valence-electron chi connectivity index (χ2n) is 4.90. The fourth-order valence-corrected chi connectivity index (χ4v) is 2.72. The molecule has 0 spiro atoms. The van der Waals surface area contributed by atoms with Gasteiger partial charge in [-0.2, -0.15) is 0 Å². The number of carbonyl (C=O) groups is 1. The van der Waals surface area contributed by atoms with Crippen LogP contribution in [0, 0.1) is 0 Å². The predicted octanol–water partition coefficient (Wildman–Crippen LogP) is 2.30. The van der Waals surface area contributed by atoms with Crippen molar-refractivity contribution < 1.29 is 9.90 Å². The Balaban J connectivity index is 2.18. The summed E-state index contributed by atoms with van der Waals surface area (Å²) in [5.74, 6) is -0.0277. The van der Waals surface area contributed by atoms with Gasteiger partial charge in [0.05, 0.1) is 10.7 Å². The molecule has 0 saturated carbocycles. The fraction of sp³-hybridized carbons (Fsp3) is 0.500. The summed E-state index contributed by atoms with van der Waals surface area (Å²) < 4.78 is 0. The van der Waals surface area contributed by atoms with Crippen molar-refractivity contribution in [3.05, 3.63) is 28.8 Å². The zero-order valence-electron chi connectivity index (χ0n) is 10.8. The van der Waals surface area contributed by atoms with Gasteiger partial charge in [-0.25, -0.2) is 0 Å². The smallest absolute Gasteiger partial charge is 0.254 e. The monoisotopic (exact) mass is 282 g/mol. The number of aliphatic hydroxyl groups is 1. The van der Waals surface area contributed by atoms with Gasteiger partial charge in [-0.05, 0) is 43.9 Å². The van der Waals surface area contributed by atoms with Crippen molar-refractivity contribution in [1.29, 1.82) is 0 Å². The van der Waals surface area contributed by atoms with E-state index in [2.05, 4.69) is 0 Å². The van der Waals surface area contributed by atoms with Gasteiger partial charge in [-0.1, -0.05) is 11.6 Å². The van der Waals surface area contributed by atoms with Gasteiger partial charge in [0.1, 0.15) is 0 Å². The molecule has 4 nitrogen and oxygen atoms in total. The number of amides is 1. The Kier molecular flexibility index (Phi) is 4.66. The largest absolute Gasteiger partial charge is 0.398 e. The lowest BCUT2D eigenvalue weighted by molar-refractivity contribution is 0.0574. The molecule has 19 heavy (non-hydrogen) atoms. The minimum absolute atomic E-state index is 0.0277. The third-order valence-electron chi connectivity index (χ3n) is 3.60. The van der Waals surface area contributed by atoms with Crippen molar-refractivity contribution in [2.75, 3.05) is 18.9 Å². The number of benzene rings is 1. The van der Waals surface area contributed by atoms with Gasteiger partial charge >= 0.3 is 0 Å². The molecule has 1 aliphatic heterocycles. The highest BCUT2D eigenvalue weighted by atomic mass is 35.5. The number of nitrogens with zero attached hydrogens (tertiary/aromatic N) is 1. The molecule has 0 aromatic heterocycles. The van der Waals surface area contributed by atoms with Crippen LogP contribution in [0.3, 0.4) is 0 Å². The first-order valence-electron chi connectivity index (χ1n) is 6.60. The fourth-order valence-electron chi connectivity index (χ4n) is 2.54. The molecule has 1 amide bonds. The van der Waals surface area contributed by atoms with Crippen LogP contribution in [0.1, 0.15) is 36.0 Å². The van der Waals surface area contributed by atoms with E-state index in [9.17, 15) is 4.79 Å². The molecule has 1 aromatic rings. The van der Waals surface area contributed by atoms with Crippen molar-refractivity contribution in [2.24, 2.45) is 0 Å². The number of hydrogen-bond acceptors (Lipinski definition) is 3. The van der Waals surface area contributed by atoms with E-state index in [0.29, 0.717) is 22.7 Å². The number of likely N-dealkylation sites (tertiary alicyclic amines) is 1. The van der Waals surface area contributed by atoms with Gasteiger partial charge in [0.15, 0.2) is 0 Å². The maximum Gasteiger partial charge on any atom is 0.254 e. The number of aliphatic hydroxyl groups excluding tert-OH is 1. The summed E-state index contributed by atoms with van der Waals surface area (Å²) >= 11 is 5.96. The number of anilines is 1. The molecular weight excluding hydrogens is 264 g/mol. The van der Waals surface area contributed by atoms with Crippen molar-refractivity contribution in [2.45, 2.75) is 31.7 Å². The van der Waals surface area contributed by atoms with Crippen LogP contribution in [-0.4, -0.2) is 35.1 Å². The standard InChI is InChI=1S/C14H19ClN2O2/c15-12-9-10(4-5-13(12)16)14(19)17-7-2-1-3-11(17)6-8-18/h4-5,9,11,18H,1-3,6-8,16H2. The maximum absolute atomic E-state index is 12.5. The first-order chi connectivity index (χ1) is 9.13. The molecular formula is C14H19ClN2O2. The summed E-state index contributed by atoms with van der Waals surface area (Å²) in [5.41, 5.74) is 6.69. The Hall–Kier alpha value is -1.26. The molecule has 1 aliphatic rings. The van der Waals surface area contributed by atoms with Gasteiger partial charge in [-0.15, -0.1) is 0 Å². The topological polar surface area (TPSA) is 66.6 Å². The van der Waals surface area contributed by atoms with E-state index < -0.39 is 0 Å². The SMILES string of the molecule is Nc1ccc(C(=O)N2CCCCC2CCO)cc1Cl. The summed E-state index contributed by atoms with van der Waals surface area (Å²) in [7, 11) is 0. The summed E-state index contributed by atoms with van der Waals surface area (Å²) in [5, 5.41) is 9.50. The van der Waals surface area contributed by atoms with Crippen molar-refractivity contribution in [3.8, 4) is 0 Å². The zero-order chi connectivity index (χ0) is 13.8. The molecule has 0 bridgehead atoms. The van der Waals surface area contributed by atoms with Crippen LogP contribution in [0.15, 0.2) is 18.2 Å². The van der Waals surface area contributed by atoms with Gasteiger partial charge in [0.25, 0.3) is 5.91 Å². The molecule has 3 N–H and O–H groups in total. The summed E-state index contributed by atoms with van der Waals surface area (Å²) in [6.07, 6.45) is 3.71. The van der Waals surface area contributed by atoms with Crippen LogP contribution in [0.4, 0.5) is 5.69 Å². The number of halogens is 1. The lowest BCUT2D eigenvalue weighted by Crippen LogP contribution is -2.44. The van der Waals surface area contributed by atoms with Crippen molar-refractivity contribution >= 4 is 23.2 Å². The summed E-state index contributed by atoms with van der Waals surface area (Å²) in [6, 6.07) is 5.10. The number of nitrogen functional groups attached to an aromatic ring is 1. The number of rotatable bonds is 3. The predicted molar refractivity (Wildman–Crippen MR) is 76.2 cm³/mol. The van der Waals surface area contributed by atoms with E-state index in [4.69, 9.17) is 22.4 Å². The average Bonchev–Trinajstić information content (AvgIpc) is 2.42. The summed E-state index contributed by atoms with van der Waals surface area (Å²) in [4.78, 5) is 14.3. The van der Waals surface area contributed by atoms with E-state index in [-0.39, 0.29) is 18.6 Å². The molecule has 1 unspecified atom stereocenters. The first kappa shape index (κ1) is 14.2. The second-order valence-corrected chi connectivity index (χ2v) is 5.30. The van der Waals surface area contributed by atoms with E-state index in [1.54, 1.807) is 18.2 Å². The van der Waals surface area contributed by atoms with Gasteiger partial charge in [0, 0.05) is 24.8 Å². The van der Waals surface area contributed by atoms with Gasteiger partial charge < -0.3 is 15.7 Å². The van der Waals surface area contributed by atoms with Crippen molar-refractivity contribution in [3.63, 3.8) is 0 Å². The van der Waals surface area contributed by atoms with E-state index in [0.717, 1.165) is 25.8 Å². The third kappa shape index (κ3) is 3.19. The molecule has 1 aromatic carbocycles. The Morgan fingerprint density at radius 2 is 2.26 bits per heavy atom. The van der Waals surface area contributed by atoms with Crippen LogP contribution in [-0.2, 0) is 0 Å². The molecule has 0 aliphatic carbocycles. The lowest BCUT2D eigenvalue weighted by atomic mass is 9.98. The highest BCUT2D eigenvalue weighted by molar-refractivity contribution is 6.33. The molecule has 1 heterocycles. The normalized spacial score (nSPS) is 19.5. The van der Waals surface area contributed by atoms with Crippen LogP contribution in [0.5, 0.6) is 0 Å². The third-order valence-corrected chi connectivity index (χ3v) is 3.93. The number of carbonyl (C=O) groups excluding carboxylic acids is 1. The van der Waals surface area contributed by atoms with Crippen LogP contribution in [0.25, 0.3) is 0 Å². The molecule has 5 heteroatoms. The minimum atomic E-state index is -0.0277. The minimum Gasteiger partial charge on any atom is -0.398 e. The van der Waals surface area contributed by atoms with Gasteiger partial charge in [-0.3, -0.25) is 4.79 Å². The lowest BCUT2D eigenvalue weighted by Gasteiger charge is -2.35. The summed E-state index contributed by atoms with van der Waals surface area (Å²) in [6.45, 7) is 0.850. The Bertz CT molecular complexity index is 463. The second kappa shape index (κ2) is 6.26. The van der Waals surface area contributed by atoms with Crippen LogP contribution >= 0.6 is 11.6 Å². The molecule has 1 fully saturated rings. The highest BCUT2D eigenvalue weighted by Gasteiger charge is 2.27. The quantitative estimate of drug-likeness (QED) is 0.836. The van der Waals surface area contributed by atoms with E-state index >= 15 is 0 Å². The van der Waals surface area contributed by atoms with Gasteiger partial charge in [0.2, 0.25) is 0 Å². The van der Waals surface area contributed by atoms with Crippen LogP contribution < -0.4 is 5.73 Å². The highest BCUT2D eigenvalue weighted by Crippen LogP contribution is 2.25. The number of hydrogen-bond donors (Lipinski definition) is 2. The van der Waals surface area contributed by atoms with E-state index in [1.165, 1.54) is 0 Å². The van der Waals surface area contributed by atoms with E-state index in [1.807, 2.05) is 4.90 Å². The van der Waals surface area contributed by atoms with Crippen LogP contribution in [0.2, 0.25) is 5.02 Å². The molecule has 0 radical (unpaired) electrons. The Morgan fingerprint density at radius 3 is 2.95 bits per heavy atom. The molecule has 1 atom stereocenters. The number of nitrogens with two attached hydrogens (primary N) is 1.